The second-order valence-electron chi connectivity index (χ2n) is 6.95. The van der Waals surface area contributed by atoms with E-state index >= 15 is 0 Å². The van der Waals surface area contributed by atoms with E-state index in [0.29, 0.717) is 38.5 Å². The van der Waals surface area contributed by atoms with E-state index in [4.69, 9.17) is 4.74 Å². The molecule has 1 fully saturated rings. The number of fused-ring (bicyclic) bond motifs is 1. The number of carbonyl (C=O) groups excluding carboxylic acids is 2. The molecule has 3 rings (SSSR count). The van der Waals surface area contributed by atoms with E-state index in [-0.39, 0.29) is 17.7 Å². The summed E-state index contributed by atoms with van der Waals surface area (Å²) in [6, 6.07) is 0. The highest BCUT2D eigenvalue weighted by Crippen LogP contribution is 2.25. The van der Waals surface area contributed by atoms with E-state index in [9.17, 15) is 9.59 Å². The van der Waals surface area contributed by atoms with Gasteiger partial charge in [0.2, 0.25) is 5.91 Å². The molecule has 7 nitrogen and oxygen atoms in total. The average molecular weight is 348 g/mol. The highest BCUT2D eigenvalue weighted by molar-refractivity contribution is 5.93. The number of ether oxygens (including phenoxy) is 1. The molecule has 0 saturated carbocycles. The van der Waals surface area contributed by atoms with E-state index in [1.807, 2.05) is 16.5 Å². The summed E-state index contributed by atoms with van der Waals surface area (Å²) in [5, 5.41) is 0. The van der Waals surface area contributed by atoms with Crippen molar-refractivity contribution in [3.05, 3.63) is 17.7 Å². The molecule has 25 heavy (non-hydrogen) atoms. The minimum atomic E-state index is -0.0272. The maximum absolute atomic E-state index is 12.7. The molecule has 3 heterocycles. The molecule has 2 aliphatic heterocycles. The lowest BCUT2D eigenvalue weighted by Gasteiger charge is -2.32. The molecule has 0 bridgehead atoms. The van der Waals surface area contributed by atoms with Crippen LogP contribution in [0.2, 0.25) is 0 Å². The zero-order chi connectivity index (χ0) is 17.8. The van der Waals surface area contributed by atoms with Gasteiger partial charge < -0.3 is 19.1 Å². The lowest BCUT2D eigenvalue weighted by molar-refractivity contribution is -0.140. The Hall–Kier alpha value is -1.89. The minimum Gasteiger partial charge on any atom is -0.378 e. The van der Waals surface area contributed by atoms with Gasteiger partial charge in [-0.1, -0.05) is 13.3 Å². The zero-order valence-electron chi connectivity index (χ0n) is 15.2. The van der Waals surface area contributed by atoms with Crippen LogP contribution in [0.4, 0.5) is 0 Å². The normalized spacial score (nSPS) is 20.2. The van der Waals surface area contributed by atoms with Gasteiger partial charge in [0.05, 0.1) is 31.2 Å². The van der Waals surface area contributed by atoms with Gasteiger partial charge in [-0.25, -0.2) is 4.98 Å². The van der Waals surface area contributed by atoms with Crippen LogP contribution in [0.3, 0.4) is 0 Å². The van der Waals surface area contributed by atoms with Gasteiger partial charge in [-0.05, 0) is 19.3 Å². The number of nitrogens with zero attached hydrogens (tertiary/aromatic N) is 4. The molecule has 0 radical (unpaired) electrons. The molecule has 7 heteroatoms. The van der Waals surface area contributed by atoms with Gasteiger partial charge in [0.25, 0.3) is 5.91 Å². The Balaban J connectivity index is 1.66. The Morgan fingerprint density at radius 1 is 1.36 bits per heavy atom. The number of carbonyl (C=O) groups is 2. The van der Waals surface area contributed by atoms with Gasteiger partial charge in [-0.2, -0.15) is 0 Å². The summed E-state index contributed by atoms with van der Waals surface area (Å²) in [6.45, 7) is 6.08. The Morgan fingerprint density at radius 2 is 2.12 bits per heavy atom. The van der Waals surface area contributed by atoms with E-state index in [1.165, 1.54) is 0 Å². The Labute approximate surface area is 148 Å². The highest BCUT2D eigenvalue weighted by Gasteiger charge is 2.32. The standard InChI is InChI=1S/C18H28N4O3/c1-3-4-7-20(2)18(24)16-15-6-5-14(12-22(15)13-19-16)17(23)21-8-10-25-11-9-21/h13-14H,3-12H2,1-2H3. The lowest BCUT2D eigenvalue weighted by Crippen LogP contribution is -2.45. The summed E-state index contributed by atoms with van der Waals surface area (Å²) in [6.07, 6.45) is 5.28. The molecule has 1 saturated heterocycles. The largest absolute Gasteiger partial charge is 0.378 e. The Morgan fingerprint density at radius 3 is 2.84 bits per heavy atom. The SMILES string of the molecule is CCCCN(C)C(=O)c1ncn2c1CCC(C(=O)N1CCOCC1)C2. The van der Waals surface area contributed by atoms with Crippen LogP contribution in [0.1, 0.15) is 42.4 Å². The van der Waals surface area contributed by atoms with Crippen molar-refractivity contribution >= 4 is 11.8 Å². The summed E-state index contributed by atoms with van der Waals surface area (Å²) >= 11 is 0. The van der Waals surface area contributed by atoms with Crippen LogP contribution >= 0.6 is 0 Å². The monoisotopic (exact) mass is 348 g/mol. The first-order valence-electron chi connectivity index (χ1n) is 9.27. The van der Waals surface area contributed by atoms with Gasteiger partial charge >= 0.3 is 0 Å². The smallest absolute Gasteiger partial charge is 0.274 e. The van der Waals surface area contributed by atoms with Gasteiger partial charge in [0.1, 0.15) is 5.69 Å². The predicted molar refractivity (Wildman–Crippen MR) is 93.3 cm³/mol. The summed E-state index contributed by atoms with van der Waals surface area (Å²) < 4.78 is 7.32. The maximum Gasteiger partial charge on any atom is 0.274 e. The molecule has 1 atom stereocenters. The number of morpholine rings is 1. The van der Waals surface area contributed by atoms with Crippen molar-refractivity contribution in [3.63, 3.8) is 0 Å². The average Bonchev–Trinajstić information content (AvgIpc) is 3.08. The number of unbranched alkanes of at least 4 members (excludes halogenated alkanes) is 1. The van der Waals surface area contributed by atoms with E-state index in [0.717, 1.165) is 37.9 Å². The van der Waals surface area contributed by atoms with Crippen molar-refractivity contribution in [3.8, 4) is 0 Å². The molecular formula is C18H28N4O3. The lowest BCUT2D eigenvalue weighted by atomic mass is 9.95. The quantitative estimate of drug-likeness (QED) is 0.801. The number of amides is 2. The minimum absolute atomic E-state index is 0.0137. The summed E-state index contributed by atoms with van der Waals surface area (Å²) in [5.41, 5.74) is 1.52. The molecular weight excluding hydrogens is 320 g/mol. The fourth-order valence-electron chi connectivity index (χ4n) is 3.57. The van der Waals surface area contributed by atoms with Crippen LogP contribution in [0.15, 0.2) is 6.33 Å². The molecule has 2 amide bonds. The molecule has 0 spiro atoms. The van der Waals surface area contributed by atoms with Crippen molar-refractivity contribution in [1.82, 2.24) is 19.4 Å². The first kappa shape index (κ1) is 17.9. The van der Waals surface area contributed by atoms with Crippen LogP contribution in [0, 0.1) is 5.92 Å². The molecule has 2 aliphatic rings. The highest BCUT2D eigenvalue weighted by atomic mass is 16.5. The number of hydrogen-bond acceptors (Lipinski definition) is 4. The molecule has 1 aromatic heterocycles. The zero-order valence-corrected chi connectivity index (χ0v) is 15.2. The van der Waals surface area contributed by atoms with Crippen LogP contribution in [0.5, 0.6) is 0 Å². The third kappa shape index (κ3) is 3.86. The molecule has 0 N–H and O–H groups in total. The Bertz CT molecular complexity index is 622. The van der Waals surface area contributed by atoms with Crippen LogP contribution < -0.4 is 0 Å². The first-order valence-corrected chi connectivity index (χ1v) is 9.27. The van der Waals surface area contributed by atoms with E-state index in [1.54, 1.807) is 11.2 Å². The number of rotatable bonds is 5. The Kier molecular flexibility index (Phi) is 5.73. The van der Waals surface area contributed by atoms with Crippen LogP contribution in [-0.2, 0) is 22.5 Å². The number of aromatic nitrogens is 2. The third-order valence-electron chi connectivity index (χ3n) is 5.16. The van der Waals surface area contributed by atoms with Crippen molar-refractivity contribution in [2.45, 2.75) is 39.2 Å². The molecule has 1 aromatic rings. The molecule has 1 unspecified atom stereocenters. The second kappa shape index (κ2) is 7.99. The molecule has 0 aliphatic carbocycles. The maximum atomic E-state index is 12.7. The summed E-state index contributed by atoms with van der Waals surface area (Å²) in [5.74, 6) is 0.163. The van der Waals surface area contributed by atoms with Gasteiger partial charge in [-0.15, -0.1) is 0 Å². The predicted octanol–water partition coefficient (Wildman–Crippen LogP) is 1.18. The van der Waals surface area contributed by atoms with Crippen LogP contribution in [-0.4, -0.2) is 71.1 Å². The number of imidazole rings is 1. The van der Waals surface area contributed by atoms with Gasteiger partial charge in [0, 0.05) is 33.2 Å². The summed E-state index contributed by atoms with van der Waals surface area (Å²) in [4.78, 5) is 33.3. The van der Waals surface area contributed by atoms with Crippen LogP contribution in [0.25, 0.3) is 0 Å². The molecule has 138 valence electrons. The van der Waals surface area contributed by atoms with E-state index < -0.39 is 0 Å². The van der Waals surface area contributed by atoms with Crippen molar-refractivity contribution in [1.29, 1.82) is 0 Å². The second-order valence-corrected chi connectivity index (χ2v) is 6.95. The van der Waals surface area contributed by atoms with Crippen molar-refractivity contribution in [2.75, 3.05) is 39.9 Å². The van der Waals surface area contributed by atoms with Crippen molar-refractivity contribution in [2.24, 2.45) is 5.92 Å². The van der Waals surface area contributed by atoms with Gasteiger partial charge in [-0.3, -0.25) is 9.59 Å². The first-order chi connectivity index (χ1) is 12.1. The fraction of sp³-hybridized carbons (Fsp3) is 0.722. The van der Waals surface area contributed by atoms with Gasteiger partial charge in [0.15, 0.2) is 0 Å². The fourth-order valence-corrected chi connectivity index (χ4v) is 3.57. The summed E-state index contributed by atoms with van der Waals surface area (Å²) in [7, 11) is 1.83. The number of hydrogen-bond donors (Lipinski definition) is 0. The third-order valence-corrected chi connectivity index (χ3v) is 5.16. The van der Waals surface area contributed by atoms with Crippen molar-refractivity contribution < 1.29 is 14.3 Å². The topological polar surface area (TPSA) is 67.7 Å². The van der Waals surface area contributed by atoms with E-state index in [2.05, 4.69) is 11.9 Å². The molecule has 0 aromatic carbocycles.